The quantitative estimate of drug-likeness (QED) is 0.0359. The van der Waals surface area contributed by atoms with Gasteiger partial charge in [0.1, 0.15) is 30.0 Å². The number of likely N-dealkylation sites (tertiary alicyclic amines) is 1. The van der Waals surface area contributed by atoms with Gasteiger partial charge in [-0.1, -0.05) is 96.8 Å². The minimum absolute atomic E-state index is 0.0266. The number of rotatable bonds is 23. The molecule has 1 saturated carbocycles. The van der Waals surface area contributed by atoms with Gasteiger partial charge in [-0.15, -0.1) is 0 Å². The number of ether oxygens (including phenoxy) is 3. The molecule has 0 radical (unpaired) electrons. The molecule has 3 atom stereocenters. The van der Waals surface area contributed by atoms with Gasteiger partial charge < -0.3 is 66.1 Å². The van der Waals surface area contributed by atoms with Crippen molar-refractivity contribution < 1.29 is 52.9 Å². The Labute approximate surface area is 588 Å². The standard InChI is InChI=1S/C76H82N14O12/c1-75(30-37-87(38-31-75)49-27-34-88(35-28-49)72-83-58-24-21-47(57-43-85(2)71(97)66-53(57)26-33-79-66)40-56(58)68(84-72)76(44-91,102-50-22-23-50)48-14-6-5-7-15-48)81-32-12-13-46-20-25-62(100-4)60(39-46)89-36-29-65(94)90(73(89)98)45-80-69(95)59(41-63(77)92)82-70(96)61(42-64(78)93)86(3)74(99)101-67-54-18-10-8-16-51(54)52-17-9-11-19-55(52)67/h5-11,14-21,24-26,33,39-40,43,49-50,59,61,67,79,81,91H,22-23,27-32,34-38,41-42,44-45H2,1-4H3,(H2,77,92)(H2,78,93)(H,80,95)(H,82,96)/t59-,61-,76-/m0/s1. The zero-order valence-corrected chi connectivity index (χ0v) is 57.3. The number of likely N-dealkylation sites (N-methyl/N-ethyl adjacent to an activating group) is 1. The molecule has 102 heavy (non-hydrogen) atoms. The third-order valence-electron chi connectivity index (χ3n) is 20.3. The van der Waals surface area contributed by atoms with Gasteiger partial charge in [-0.05, 0) is 104 Å². The molecule has 26 heteroatoms. The summed E-state index contributed by atoms with van der Waals surface area (Å²) in [5, 5.41) is 21.7. The fourth-order valence-electron chi connectivity index (χ4n) is 14.4. The number of pyridine rings is 1. The fraction of sp³-hybridized carbons (Fsp3) is 0.368. The predicted octanol–water partition coefficient (Wildman–Crippen LogP) is 6.04. The molecule has 26 nitrogen and oxygen atoms in total. The number of amides is 8. The van der Waals surface area contributed by atoms with E-state index in [0.717, 1.165) is 119 Å². The van der Waals surface area contributed by atoms with Crippen LogP contribution >= 0.6 is 0 Å². The first-order chi connectivity index (χ1) is 49.2. The minimum atomic E-state index is -1.69. The van der Waals surface area contributed by atoms with Crippen molar-refractivity contribution in [3.05, 3.63) is 172 Å². The topological polar surface area (TPSA) is 335 Å². The maximum absolute atomic E-state index is 14.3. The Hall–Kier alpha value is -11.0. The minimum Gasteiger partial charge on any atom is -0.495 e. The van der Waals surface area contributed by atoms with Crippen LogP contribution in [-0.4, -0.2) is 177 Å². The first-order valence-electron chi connectivity index (χ1n) is 34.4. The normalized spacial score (nSPS) is 17.4. The lowest BCUT2D eigenvalue weighted by Gasteiger charge is -2.45. The number of methoxy groups -OCH3 is 1. The summed E-state index contributed by atoms with van der Waals surface area (Å²) in [6, 6.07) is 34.0. The third-order valence-corrected chi connectivity index (χ3v) is 20.3. The molecule has 0 bridgehead atoms. The summed E-state index contributed by atoms with van der Waals surface area (Å²) < 4.78 is 20.2. The van der Waals surface area contributed by atoms with Crippen LogP contribution < -0.4 is 47.5 Å². The molecule has 0 unspecified atom stereocenters. The lowest BCUT2D eigenvalue weighted by molar-refractivity contribution is -0.135. The van der Waals surface area contributed by atoms with E-state index in [1.54, 1.807) is 48.1 Å². The van der Waals surface area contributed by atoms with Gasteiger partial charge in [-0.25, -0.2) is 24.5 Å². The summed E-state index contributed by atoms with van der Waals surface area (Å²) in [6.07, 6.45) is 5.56. The Kier molecular flexibility index (Phi) is 20.0. The molecule has 2 aliphatic carbocycles. The number of aromatic nitrogens is 4. The number of carbonyl (C=O) groups excluding carboxylic acids is 7. The average Bonchev–Trinajstić information content (AvgIpc) is 1.04. The van der Waals surface area contributed by atoms with E-state index in [1.807, 2.05) is 91.1 Å². The molecule has 528 valence electrons. The fourth-order valence-corrected chi connectivity index (χ4v) is 14.4. The number of H-pyrrole nitrogens is 1. The van der Waals surface area contributed by atoms with Gasteiger partial charge in [-0.3, -0.25) is 38.6 Å². The number of aliphatic hydroxyl groups is 1. The monoisotopic (exact) mass is 1380 g/mol. The van der Waals surface area contributed by atoms with E-state index in [9.17, 15) is 43.5 Å². The highest BCUT2D eigenvalue weighted by Crippen LogP contribution is 2.47. The molecule has 8 amide bonds. The van der Waals surface area contributed by atoms with Gasteiger partial charge >= 0.3 is 12.1 Å². The summed E-state index contributed by atoms with van der Waals surface area (Å²) in [4.78, 5) is 129. The molecule has 5 aromatic carbocycles. The Morgan fingerprint density at radius 1 is 0.804 bits per heavy atom. The number of aliphatic hydroxyl groups excluding tert-OH is 1. The number of primary amides is 2. The van der Waals surface area contributed by atoms with Crippen molar-refractivity contribution in [2.75, 3.05) is 76.5 Å². The number of anilines is 2. The summed E-state index contributed by atoms with van der Waals surface area (Å²) in [5.41, 5.74) is 17.9. The van der Waals surface area contributed by atoms with Crippen molar-refractivity contribution in [2.24, 2.45) is 18.5 Å². The molecule has 4 fully saturated rings. The summed E-state index contributed by atoms with van der Waals surface area (Å²) in [5.74, 6) is 2.76. The molecule has 6 heterocycles. The van der Waals surface area contributed by atoms with E-state index < -0.39 is 85.0 Å². The number of imide groups is 1. The lowest BCUT2D eigenvalue weighted by atomic mass is 9.87. The number of nitrogens with zero attached hydrogens (tertiary/aromatic N) is 8. The van der Waals surface area contributed by atoms with Crippen LogP contribution in [0, 0.1) is 11.8 Å². The number of piperidine rings is 2. The number of urea groups is 1. The van der Waals surface area contributed by atoms with Crippen LogP contribution in [-0.2, 0) is 46.1 Å². The molecular formula is C76H82N14O12. The molecule has 3 aliphatic heterocycles. The molecule has 0 spiro atoms. The number of hydrogen-bond donors (Lipinski definition) is 7. The number of fused-ring (bicyclic) bond motifs is 5. The second-order valence-corrected chi connectivity index (χ2v) is 27.0. The van der Waals surface area contributed by atoms with Crippen LogP contribution in [0.1, 0.15) is 98.8 Å². The summed E-state index contributed by atoms with van der Waals surface area (Å²) in [6.45, 7) is 4.81. The summed E-state index contributed by atoms with van der Waals surface area (Å²) in [7, 11) is 4.42. The number of carbonyl (C=O) groups is 7. The van der Waals surface area contributed by atoms with Crippen molar-refractivity contribution in [1.29, 1.82) is 0 Å². The van der Waals surface area contributed by atoms with Crippen LogP contribution in [0.2, 0.25) is 0 Å². The first kappa shape index (κ1) is 69.5. The number of benzene rings is 5. The number of aryl methyl sites for hydroxylation is 1. The molecule has 9 N–H and O–H groups in total. The van der Waals surface area contributed by atoms with Crippen LogP contribution in [0.3, 0.4) is 0 Å². The Morgan fingerprint density at radius 3 is 2.18 bits per heavy atom. The van der Waals surface area contributed by atoms with Crippen molar-refractivity contribution in [3.8, 4) is 39.8 Å². The van der Waals surface area contributed by atoms with E-state index in [-0.39, 0.29) is 36.8 Å². The van der Waals surface area contributed by atoms with Gasteiger partial charge in [-0.2, -0.15) is 0 Å². The molecule has 5 aliphatic rings. The third kappa shape index (κ3) is 14.2. The zero-order valence-electron chi connectivity index (χ0n) is 57.3. The first-order valence-corrected chi connectivity index (χ1v) is 34.4. The number of nitrogens with one attached hydrogen (secondary N) is 4. The Bertz CT molecular complexity index is 4660. The molecule has 8 aromatic rings. The lowest BCUT2D eigenvalue weighted by Crippen LogP contribution is -2.59. The van der Waals surface area contributed by atoms with Crippen molar-refractivity contribution in [3.63, 3.8) is 0 Å². The van der Waals surface area contributed by atoms with Gasteiger partial charge in [0.15, 0.2) is 11.7 Å². The summed E-state index contributed by atoms with van der Waals surface area (Å²) >= 11 is 0. The van der Waals surface area contributed by atoms with Gasteiger partial charge in [0.2, 0.25) is 35.5 Å². The second kappa shape index (κ2) is 29.3. The maximum Gasteiger partial charge on any atom is 0.411 e. The van der Waals surface area contributed by atoms with E-state index in [0.29, 0.717) is 57.9 Å². The van der Waals surface area contributed by atoms with Crippen LogP contribution in [0.25, 0.3) is 44.1 Å². The zero-order chi connectivity index (χ0) is 71.6. The molecule has 3 saturated heterocycles. The number of nitrogens with two attached hydrogens (primary N) is 2. The average molecular weight is 1380 g/mol. The highest BCUT2D eigenvalue weighted by molar-refractivity contribution is 6.07. The SMILES string of the molecule is COc1ccc(C#CCNC2(C)CCN(C3CCN(c4nc([C@@](CO)(OC5CC5)c5ccccc5)c5cc(-c6cn(C)c(=O)c7[nH]ccc67)ccc5n4)CC3)CC2)cc1N1CCC(=O)N(CNC(=O)[C@H](CC(N)=O)NC(=O)[C@H](CC(N)=O)N(C)C(=O)OC2c3ccccc3-c3ccccc32)C1=O. The maximum atomic E-state index is 14.3. The van der Waals surface area contributed by atoms with Crippen molar-refractivity contribution in [2.45, 2.75) is 106 Å². The number of aromatic amines is 1. The predicted molar refractivity (Wildman–Crippen MR) is 381 cm³/mol. The van der Waals surface area contributed by atoms with E-state index >= 15 is 0 Å². The van der Waals surface area contributed by atoms with Crippen molar-refractivity contribution >= 4 is 75.1 Å². The van der Waals surface area contributed by atoms with E-state index in [2.05, 4.69) is 55.6 Å². The van der Waals surface area contributed by atoms with Crippen LogP contribution in [0.5, 0.6) is 5.75 Å². The van der Waals surface area contributed by atoms with Crippen LogP contribution in [0.4, 0.5) is 21.2 Å². The Balaban J connectivity index is 0.621. The van der Waals surface area contributed by atoms with E-state index in [1.165, 1.54) is 19.1 Å². The largest absolute Gasteiger partial charge is 0.495 e. The number of hydrogen-bond acceptors (Lipinski definition) is 17. The second-order valence-electron chi connectivity index (χ2n) is 27.0. The van der Waals surface area contributed by atoms with Crippen LogP contribution in [0.15, 0.2) is 139 Å². The smallest absolute Gasteiger partial charge is 0.411 e. The van der Waals surface area contributed by atoms with Gasteiger partial charge in [0.05, 0.1) is 56.1 Å². The highest BCUT2D eigenvalue weighted by Gasteiger charge is 2.45. The van der Waals surface area contributed by atoms with Gasteiger partial charge in [0.25, 0.3) is 5.56 Å². The van der Waals surface area contributed by atoms with Gasteiger partial charge in [0, 0.05) is 110 Å². The van der Waals surface area contributed by atoms with E-state index in [4.69, 9.17) is 35.6 Å². The van der Waals surface area contributed by atoms with Crippen molar-refractivity contribution in [1.82, 2.24) is 50.2 Å². The molecule has 3 aromatic heterocycles. The molecular weight excluding hydrogens is 1300 g/mol. The Morgan fingerprint density at radius 2 is 1.50 bits per heavy atom. The highest BCUT2D eigenvalue weighted by atomic mass is 16.6. The molecule has 13 rings (SSSR count).